The van der Waals surface area contributed by atoms with E-state index >= 15 is 0 Å². The van der Waals surface area contributed by atoms with Crippen molar-refractivity contribution >= 4 is 15.5 Å². The summed E-state index contributed by atoms with van der Waals surface area (Å²) in [6, 6.07) is 10.0. The number of aromatic nitrogens is 2. The largest absolute Gasteiger partial charge is 0.551 e. The Balaban J connectivity index is 2.17. The Labute approximate surface area is 185 Å². The van der Waals surface area contributed by atoms with Crippen LogP contribution in [0.25, 0.3) is 11.4 Å². The highest BCUT2D eigenvalue weighted by Gasteiger charge is 2.72. The van der Waals surface area contributed by atoms with Gasteiger partial charge in [0.1, 0.15) is 9.85 Å². The van der Waals surface area contributed by atoms with E-state index < -0.39 is 47.2 Å². The fraction of sp³-hybridized carbons (Fsp3) is 0.222. The summed E-state index contributed by atoms with van der Waals surface area (Å²) >= 11 is 0. The monoisotopic (exact) mass is 477 g/mol. The van der Waals surface area contributed by atoms with Crippen molar-refractivity contribution in [2.24, 2.45) is 0 Å². The third-order valence-corrected chi connectivity index (χ3v) is 7.18. The number of benzene rings is 2. The van der Waals surface area contributed by atoms with E-state index in [9.17, 15) is 38.8 Å². The van der Waals surface area contributed by atoms with E-state index in [4.69, 9.17) is 4.52 Å². The molecule has 2 aromatic carbocycles. The van der Waals surface area contributed by atoms with Gasteiger partial charge in [-0.3, -0.25) is 30.3 Å². The minimum Gasteiger partial charge on any atom is -0.322 e. The van der Waals surface area contributed by atoms with Crippen molar-refractivity contribution < 1.29 is 27.7 Å². The summed E-state index contributed by atoms with van der Waals surface area (Å²) in [5, 5.41) is 36.2. The van der Waals surface area contributed by atoms with Gasteiger partial charge in [0.2, 0.25) is 11.1 Å². The quantitative estimate of drug-likeness (QED) is 0.262. The minimum absolute atomic E-state index is 0.0196. The first-order valence-corrected chi connectivity index (χ1v) is 10.7. The van der Waals surface area contributed by atoms with Gasteiger partial charge in [-0.05, 0) is 26.0 Å². The lowest BCUT2D eigenvalue weighted by Crippen LogP contribution is -2.54. The first-order valence-electron chi connectivity index (χ1n) is 9.11. The van der Waals surface area contributed by atoms with Crippen LogP contribution in [0, 0.1) is 37.3 Å². The lowest BCUT2D eigenvalue weighted by Gasteiger charge is -2.20. The average molecular weight is 477 g/mol. The molecule has 3 rings (SSSR count). The number of sulfone groups is 1. The number of hydrogen-bond donors (Lipinski definition) is 0. The molecule has 1 heterocycles. The predicted octanol–water partition coefficient (Wildman–Crippen LogP) is 2.52. The normalized spacial score (nSPS) is 12.8. The second-order valence-corrected chi connectivity index (χ2v) is 9.24. The maximum absolute atomic E-state index is 13.1. The highest BCUT2D eigenvalue weighted by molar-refractivity contribution is 7.92. The first kappa shape index (κ1) is 23.4. The fourth-order valence-corrected chi connectivity index (χ4v) is 4.72. The van der Waals surface area contributed by atoms with Crippen LogP contribution in [0.5, 0.6) is 0 Å². The fourth-order valence-electron chi connectivity index (χ4n) is 3.09. The van der Waals surface area contributed by atoms with Crippen LogP contribution >= 0.6 is 0 Å². The second kappa shape index (κ2) is 8.34. The molecule has 0 spiro atoms. The molecule has 0 fully saturated rings. The first-order chi connectivity index (χ1) is 15.4. The molecule has 1 atom stereocenters. The van der Waals surface area contributed by atoms with Crippen molar-refractivity contribution in [1.82, 2.24) is 10.1 Å². The molecule has 0 aliphatic carbocycles. The Kier molecular flexibility index (Phi) is 5.91. The van der Waals surface area contributed by atoms with Crippen LogP contribution in [-0.2, 0) is 15.5 Å². The molecule has 0 radical (unpaired) electrons. The Morgan fingerprint density at radius 3 is 2.15 bits per heavy atom. The van der Waals surface area contributed by atoms with Crippen molar-refractivity contribution in [3.8, 4) is 11.4 Å². The number of non-ortho nitro benzene ring substituents is 1. The maximum atomic E-state index is 13.1. The molecular formula is C18H15N5O9S. The molecule has 0 bridgehead atoms. The van der Waals surface area contributed by atoms with E-state index in [1.807, 2.05) is 0 Å². The van der Waals surface area contributed by atoms with Crippen molar-refractivity contribution in [3.05, 3.63) is 90.3 Å². The summed E-state index contributed by atoms with van der Waals surface area (Å²) in [6.45, 7) is 2.49. The van der Waals surface area contributed by atoms with Crippen LogP contribution in [0.15, 0.2) is 57.9 Å². The average Bonchev–Trinajstić information content (AvgIpc) is 3.24. The molecule has 0 aliphatic heterocycles. The van der Waals surface area contributed by atoms with Gasteiger partial charge in [-0.1, -0.05) is 35.0 Å². The lowest BCUT2D eigenvalue weighted by molar-refractivity contribution is -0.812. The summed E-state index contributed by atoms with van der Waals surface area (Å²) < 4.78 is 31.0. The van der Waals surface area contributed by atoms with E-state index in [-0.39, 0.29) is 16.1 Å². The molecule has 0 amide bonds. The number of nitro benzene ring substituents is 1. The summed E-state index contributed by atoms with van der Waals surface area (Å²) in [5.74, 6) is -1.62. The van der Waals surface area contributed by atoms with Gasteiger partial charge in [0.05, 0.1) is 9.82 Å². The van der Waals surface area contributed by atoms with Gasteiger partial charge in [0, 0.05) is 17.7 Å². The van der Waals surface area contributed by atoms with Crippen molar-refractivity contribution in [2.45, 2.75) is 29.7 Å². The highest BCUT2D eigenvalue weighted by atomic mass is 32.2. The van der Waals surface area contributed by atoms with Gasteiger partial charge in [0.25, 0.3) is 5.69 Å². The molecule has 1 unspecified atom stereocenters. The smallest absolute Gasteiger partial charge is 0.322 e. The topological polar surface area (TPSA) is 202 Å². The minimum atomic E-state index is -4.63. The van der Waals surface area contributed by atoms with Gasteiger partial charge >= 0.3 is 11.6 Å². The molecule has 14 nitrogen and oxygen atoms in total. The summed E-state index contributed by atoms with van der Waals surface area (Å²) in [5.41, 5.74) is -3.22. The standard InChI is InChI=1S/C18H15N5O9S/c1-11-6-8-15(9-7-11)33(30,31)12(2)18(22(26)27,23(28)29)17-19-16(20-32-17)13-4-3-5-14(10-13)21(24)25/h3-10,12H,1-2H3. The van der Waals surface area contributed by atoms with E-state index in [1.54, 1.807) is 6.92 Å². The molecule has 172 valence electrons. The second-order valence-electron chi connectivity index (χ2n) is 6.97. The van der Waals surface area contributed by atoms with Gasteiger partial charge < -0.3 is 4.52 Å². The highest BCUT2D eigenvalue weighted by Crippen LogP contribution is 2.36. The number of rotatable bonds is 8. The van der Waals surface area contributed by atoms with Crippen molar-refractivity contribution in [3.63, 3.8) is 0 Å². The van der Waals surface area contributed by atoms with E-state index in [2.05, 4.69) is 10.1 Å². The predicted molar refractivity (Wildman–Crippen MR) is 110 cm³/mol. The van der Waals surface area contributed by atoms with Gasteiger partial charge in [-0.2, -0.15) is 4.98 Å². The summed E-state index contributed by atoms with van der Waals surface area (Å²) in [4.78, 5) is 34.8. The Morgan fingerprint density at radius 2 is 1.61 bits per heavy atom. The zero-order valence-corrected chi connectivity index (χ0v) is 17.8. The van der Waals surface area contributed by atoms with Crippen LogP contribution in [0.4, 0.5) is 5.69 Å². The lowest BCUT2D eigenvalue weighted by atomic mass is 10.1. The van der Waals surface area contributed by atoms with Crippen molar-refractivity contribution in [2.75, 3.05) is 0 Å². The van der Waals surface area contributed by atoms with Crippen LogP contribution in [0.3, 0.4) is 0 Å². The van der Waals surface area contributed by atoms with Crippen molar-refractivity contribution in [1.29, 1.82) is 0 Å². The molecule has 0 N–H and O–H groups in total. The van der Waals surface area contributed by atoms with E-state index in [0.29, 0.717) is 5.56 Å². The van der Waals surface area contributed by atoms with E-state index in [1.165, 1.54) is 42.5 Å². The zero-order chi connectivity index (χ0) is 24.6. The Morgan fingerprint density at radius 1 is 1.00 bits per heavy atom. The molecule has 1 aromatic heterocycles. The number of aryl methyl sites for hydroxylation is 1. The molecular weight excluding hydrogens is 462 g/mol. The molecule has 0 saturated heterocycles. The van der Waals surface area contributed by atoms with Crippen LogP contribution in [0.2, 0.25) is 0 Å². The van der Waals surface area contributed by atoms with Crippen LogP contribution in [-0.4, -0.2) is 38.6 Å². The number of nitro groups is 3. The van der Waals surface area contributed by atoms with Crippen LogP contribution < -0.4 is 0 Å². The third-order valence-electron chi connectivity index (χ3n) is 4.99. The number of nitrogens with zero attached hydrogens (tertiary/aromatic N) is 5. The van der Waals surface area contributed by atoms with Gasteiger partial charge in [-0.25, -0.2) is 8.42 Å². The molecule has 0 aliphatic rings. The molecule has 15 heteroatoms. The molecule has 3 aromatic rings. The molecule has 33 heavy (non-hydrogen) atoms. The Hall–Kier alpha value is -4.27. The van der Waals surface area contributed by atoms with E-state index in [0.717, 1.165) is 13.0 Å². The van der Waals surface area contributed by atoms with Gasteiger partial charge in [0.15, 0.2) is 9.84 Å². The maximum Gasteiger partial charge on any atom is 0.551 e. The number of hydrogen-bond acceptors (Lipinski definition) is 11. The third kappa shape index (κ3) is 3.89. The summed E-state index contributed by atoms with van der Waals surface area (Å²) in [6.07, 6.45) is 0. The summed E-state index contributed by atoms with van der Waals surface area (Å²) in [7, 11) is -4.63. The zero-order valence-electron chi connectivity index (χ0n) is 17.0. The van der Waals surface area contributed by atoms with Gasteiger partial charge in [-0.15, -0.1) is 0 Å². The molecule has 0 saturated carbocycles. The Bertz CT molecular complexity index is 1340. The van der Waals surface area contributed by atoms with Crippen LogP contribution in [0.1, 0.15) is 18.4 Å². The SMILES string of the molecule is Cc1ccc(S(=O)(=O)C(C)C(c2nc(-c3cccc([N+](=O)[O-])c3)no2)([N+](=O)[O-])[N+](=O)[O-])cc1.